The Labute approximate surface area is 150 Å². The molecule has 1 rings (SSSR count). The second-order valence-corrected chi connectivity index (χ2v) is 8.23. The lowest BCUT2D eigenvalue weighted by Gasteiger charge is -2.39. The lowest BCUT2D eigenvalue weighted by atomic mass is 9.76. The van der Waals surface area contributed by atoms with Gasteiger partial charge in [0.1, 0.15) is 5.60 Å². The molecule has 25 heavy (non-hydrogen) atoms. The molecule has 0 aromatic heterocycles. The number of hydrogen-bond acceptors (Lipinski definition) is 4. The second-order valence-electron chi connectivity index (χ2n) is 8.23. The van der Waals surface area contributed by atoms with E-state index in [9.17, 15) is 19.5 Å². The molecule has 2 amide bonds. The van der Waals surface area contributed by atoms with Gasteiger partial charge in [0.05, 0.1) is 5.92 Å². The predicted octanol–water partition coefficient (Wildman–Crippen LogP) is 2.50. The van der Waals surface area contributed by atoms with E-state index in [4.69, 9.17) is 4.74 Å². The molecule has 0 spiro atoms. The average Bonchev–Trinajstić information content (AvgIpc) is 2.42. The number of carbonyl (C=O) groups is 3. The van der Waals surface area contributed by atoms with E-state index in [0.717, 1.165) is 0 Å². The van der Waals surface area contributed by atoms with Gasteiger partial charge in [0.15, 0.2) is 0 Å². The summed E-state index contributed by atoms with van der Waals surface area (Å²) >= 11 is 0. The highest BCUT2D eigenvalue weighted by molar-refractivity contribution is 5.82. The number of piperidine rings is 1. The summed E-state index contributed by atoms with van der Waals surface area (Å²) in [6.07, 6.45) is 0.142. The zero-order valence-corrected chi connectivity index (χ0v) is 16.2. The van der Waals surface area contributed by atoms with Gasteiger partial charge < -0.3 is 20.1 Å². The standard InChI is InChI=1S/C18H32N2O5/c1-11(2)19-15(21)9-14(16(22)23)13-7-8-20(10-12(13)3)17(24)25-18(4,5)6/h11-14H,7-10H2,1-6H3,(H,19,21)(H,22,23). The van der Waals surface area contributed by atoms with Crippen molar-refractivity contribution >= 4 is 18.0 Å². The summed E-state index contributed by atoms with van der Waals surface area (Å²) in [6, 6.07) is -0.0200. The van der Waals surface area contributed by atoms with Crippen molar-refractivity contribution in [3.8, 4) is 0 Å². The fourth-order valence-electron chi connectivity index (χ4n) is 3.26. The van der Waals surface area contributed by atoms with E-state index in [1.165, 1.54) is 0 Å². The number of aliphatic carboxylic acids is 1. The van der Waals surface area contributed by atoms with Gasteiger partial charge in [-0.1, -0.05) is 6.92 Å². The van der Waals surface area contributed by atoms with Crippen LogP contribution in [-0.4, -0.2) is 52.7 Å². The molecule has 0 aromatic rings. The third-order valence-corrected chi connectivity index (χ3v) is 4.31. The SMILES string of the molecule is CC(C)NC(=O)CC(C(=O)O)C1CCN(C(=O)OC(C)(C)C)CC1C. The Bertz CT molecular complexity index is 498. The van der Waals surface area contributed by atoms with Crippen LogP contribution in [0.1, 0.15) is 54.4 Å². The van der Waals surface area contributed by atoms with Gasteiger partial charge in [-0.2, -0.15) is 0 Å². The minimum atomic E-state index is -0.957. The number of hydrogen-bond donors (Lipinski definition) is 2. The summed E-state index contributed by atoms with van der Waals surface area (Å²) in [6.45, 7) is 11.9. The summed E-state index contributed by atoms with van der Waals surface area (Å²) < 4.78 is 5.38. The van der Waals surface area contributed by atoms with Gasteiger partial charge in [-0.3, -0.25) is 9.59 Å². The van der Waals surface area contributed by atoms with Crippen molar-refractivity contribution in [3.05, 3.63) is 0 Å². The number of ether oxygens (including phenoxy) is 1. The maximum absolute atomic E-state index is 12.2. The number of carboxylic acid groups (broad SMARTS) is 1. The summed E-state index contributed by atoms with van der Waals surface area (Å²) in [5.41, 5.74) is -0.560. The molecule has 1 aliphatic rings. The van der Waals surface area contributed by atoms with Crippen LogP contribution in [0.5, 0.6) is 0 Å². The molecule has 0 aliphatic carbocycles. The topological polar surface area (TPSA) is 95.9 Å². The highest BCUT2D eigenvalue weighted by Crippen LogP contribution is 2.32. The fourth-order valence-corrected chi connectivity index (χ4v) is 3.26. The Morgan fingerprint density at radius 1 is 1.28 bits per heavy atom. The van der Waals surface area contributed by atoms with Gasteiger partial charge in [-0.25, -0.2) is 4.79 Å². The molecule has 0 saturated carbocycles. The first-order chi connectivity index (χ1) is 11.4. The summed E-state index contributed by atoms with van der Waals surface area (Å²) in [4.78, 5) is 37.5. The zero-order valence-electron chi connectivity index (χ0n) is 16.2. The summed E-state index contributed by atoms with van der Waals surface area (Å²) in [5.74, 6) is -2.11. The molecule has 0 bridgehead atoms. The minimum Gasteiger partial charge on any atom is -0.481 e. The number of likely N-dealkylation sites (tertiary alicyclic amines) is 1. The first-order valence-electron chi connectivity index (χ1n) is 8.90. The second kappa shape index (κ2) is 8.54. The van der Waals surface area contributed by atoms with Gasteiger partial charge in [0.25, 0.3) is 0 Å². The molecule has 2 N–H and O–H groups in total. The van der Waals surface area contributed by atoms with Crippen LogP contribution in [0.25, 0.3) is 0 Å². The summed E-state index contributed by atoms with van der Waals surface area (Å²) in [5, 5.41) is 12.3. The molecule has 7 nitrogen and oxygen atoms in total. The van der Waals surface area contributed by atoms with Crippen molar-refractivity contribution in [2.24, 2.45) is 17.8 Å². The van der Waals surface area contributed by atoms with Gasteiger partial charge in [0.2, 0.25) is 5.91 Å². The number of rotatable bonds is 5. The lowest BCUT2D eigenvalue weighted by molar-refractivity contribution is -0.148. The van der Waals surface area contributed by atoms with Crippen molar-refractivity contribution in [1.82, 2.24) is 10.2 Å². The average molecular weight is 356 g/mol. The molecule has 1 fully saturated rings. The number of nitrogens with one attached hydrogen (secondary N) is 1. The van der Waals surface area contributed by atoms with Crippen molar-refractivity contribution in [1.29, 1.82) is 0 Å². The van der Waals surface area contributed by atoms with Crippen molar-refractivity contribution in [2.75, 3.05) is 13.1 Å². The molecule has 1 saturated heterocycles. The largest absolute Gasteiger partial charge is 0.481 e. The van der Waals surface area contributed by atoms with Crippen LogP contribution >= 0.6 is 0 Å². The smallest absolute Gasteiger partial charge is 0.410 e. The molecular formula is C18H32N2O5. The molecule has 0 radical (unpaired) electrons. The van der Waals surface area contributed by atoms with Gasteiger partial charge in [-0.05, 0) is 52.9 Å². The van der Waals surface area contributed by atoms with E-state index in [-0.39, 0.29) is 36.3 Å². The highest BCUT2D eigenvalue weighted by atomic mass is 16.6. The van der Waals surface area contributed by atoms with Crippen LogP contribution in [0.4, 0.5) is 4.79 Å². The molecule has 3 atom stereocenters. The highest BCUT2D eigenvalue weighted by Gasteiger charge is 2.39. The fraction of sp³-hybridized carbons (Fsp3) is 0.833. The molecule has 1 aliphatic heterocycles. The lowest BCUT2D eigenvalue weighted by Crippen LogP contribution is -2.48. The van der Waals surface area contributed by atoms with E-state index in [0.29, 0.717) is 19.5 Å². The molecule has 0 aromatic carbocycles. The molecular weight excluding hydrogens is 324 g/mol. The normalized spacial score (nSPS) is 22.4. The first-order valence-corrected chi connectivity index (χ1v) is 8.90. The first kappa shape index (κ1) is 21.3. The molecule has 3 unspecified atom stereocenters. The maximum atomic E-state index is 12.2. The minimum absolute atomic E-state index is 0.0192. The number of carboxylic acids is 1. The van der Waals surface area contributed by atoms with Crippen LogP contribution in [0.3, 0.4) is 0 Å². The number of carbonyl (C=O) groups excluding carboxylic acids is 2. The Morgan fingerprint density at radius 3 is 2.32 bits per heavy atom. The number of amides is 2. The Hall–Kier alpha value is -1.79. The van der Waals surface area contributed by atoms with Gasteiger partial charge in [-0.15, -0.1) is 0 Å². The van der Waals surface area contributed by atoms with Gasteiger partial charge >= 0.3 is 12.1 Å². The predicted molar refractivity (Wildman–Crippen MR) is 94.1 cm³/mol. The molecule has 1 heterocycles. The van der Waals surface area contributed by atoms with Crippen molar-refractivity contribution in [3.63, 3.8) is 0 Å². The van der Waals surface area contributed by atoms with Gasteiger partial charge in [0, 0.05) is 25.6 Å². The summed E-state index contributed by atoms with van der Waals surface area (Å²) in [7, 11) is 0. The van der Waals surface area contributed by atoms with Crippen LogP contribution in [0.15, 0.2) is 0 Å². The van der Waals surface area contributed by atoms with Crippen LogP contribution in [-0.2, 0) is 14.3 Å². The Balaban J connectivity index is 2.71. The van der Waals surface area contributed by atoms with Crippen LogP contribution in [0.2, 0.25) is 0 Å². The third kappa shape index (κ3) is 6.92. The van der Waals surface area contributed by atoms with Crippen molar-refractivity contribution in [2.45, 2.75) is 66.0 Å². The number of nitrogens with zero attached hydrogens (tertiary/aromatic N) is 1. The Morgan fingerprint density at radius 2 is 1.88 bits per heavy atom. The quantitative estimate of drug-likeness (QED) is 0.789. The monoisotopic (exact) mass is 356 g/mol. The van der Waals surface area contributed by atoms with E-state index >= 15 is 0 Å². The maximum Gasteiger partial charge on any atom is 0.410 e. The van der Waals surface area contributed by atoms with Crippen molar-refractivity contribution < 1.29 is 24.2 Å². The third-order valence-electron chi connectivity index (χ3n) is 4.31. The van der Waals surface area contributed by atoms with E-state index in [1.54, 1.807) is 4.90 Å². The molecule has 7 heteroatoms. The zero-order chi connectivity index (χ0) is 19.4. The van der Waals surface area contributed by atoms with E-state index < -0.39 is 17.5 Å². The van der Waals surface area contributed by atoms with E-state index in [2.05, 4.69) is 5.32 Å². The molecule has 144 valence electrons. The van der Waals surface area contributed by atoms with E-state index in [1.807, 2.05) is 41.5 Å². The van der Waals surface area contributed by atoms with Crippen LogP contribution < -0.4 is 5.32 Å². The Kier molecular flexibility index (Phi) is 7.26. The van der Waals surface area contributed by atoms with Crippen LogP contribution in [0, 0.1) is 17.8 Å².